The molecule has 80 valence electrons. The third kappa shape index (κ3) is 2.23. The Morgan fingerprint density at radius 2 is 1.88 bits per heavy atom. The first-order valence-corrected chi connectivity index (χ1v) is 5.21. The van der Waals surface area contributed by atoms with Gasteiger partial charge in [-0.2, -0.15) is 0 Å². The fourth-order valence-corrected chi connectivity index (χ4v) is 1.58. The van der Waals surface area contributed by atoms with Crippen LogP contribution in [0, 0.1) is 0 Å². The van der Waals surface area contributed by atoms with Crippen LogP contribution < -0.4 is 4.74 Å². The van der Waals surface area contributed by atoms with Crippen LogP contribution >= 0.6 is 11.6 Å². The molecule has 16 heavy (non-hydrogen) atoms. The molecule has 2 aromatic carbocycles. The van der Waals surface area contributed by atoms with Crippen molar-refractivity contribution in [3.63, 3.8) is 0 Å². The molecule has 0 aromatic heterocycles. The van der Waals surface area contributed by atoms with Crippen LogP contribution in [0.25, 0.3) is 10.8 Å². The summed E-state index contributed by atoms with van der Waals surface area (Å²) in [5.74, 6) is 0.0595. The average Bonchev–Trinajstić information content (AvgIpc) is 2.30. The molecule has 2 aromatic rings. The van der Waals surface area contributed by atoms with Crippen LogP contribution in [-0.4, -0.2) is 5.97 Å². The van der Waals surface area contributed by atoms with Gasteiger partial charge in [0.2, 0.25) is 0 Å². The fraction of sp³-hybridized carbons (Fsp3) is 0. The zero-order valence-corrected chi connectivity index (χ0v) is 9.15. The van der Waals surface area contributed by atoms with E-state index in [-0.39, 0.29) is 0 Å². The number of rotatable bonds is 2. The van der Waals surface area contributed by atoms with E-state index in [1.165, 1.54) is 6.08 Å². The van der Waals surface area contributed by atoms with Crippen molar-refractivity contribution in [2.45, 2.75) is 0 Å². The third-order valence-electron chi connectivity index (χ3n) is 2.16. The van der Waals surface area contributed by atoms with Crippen molar-refractivity contribution < 1.29 is 9.53 Å². The van der Waals surface area contributed by atoms with Gasteiger partial charge in [0.15, 0.2) is 0 Å². The second kappa shape index (κ2) is 4.81. The first-order valence-electron chi connectivity index (χ1n) is 4.77. The van der Waals surface area contributed by atoms with Crippen LogP contribution in [0.1, 0.15) is 0 Å². The number of halogens is 1. The smallest absolute Gasteiger partial charge is 0.337 e. The van der Waals surface area contributed by atoms with E-state index >= 15 is 0 Å². The van der Waals surface area contributed by atoms with Crippen LogP contribution in [0.5, 0.6) is 5.75 Å². The molecular weight excluding hydrogens is 224 g/mol. The molecular formula is C13H9ClO2. The molecule has 3 heteroatoms. The van der Waals surface area contributed by atoms with E-state index in [0.29, 0.717) is 5.75 Å². The maximum Gasteiger partial charge on any atom is 0.337 e. The Bertz CT molecular complexity index is 541. The Hall–Kier alpha value is -1.80. The number of carbonyl (C=O) groups is 1. The lowest BCUT2D eigenvalue weighted by Crippen LogP contribution is -2.03. The second-order valence-electron chi connectivity index (χ2n) is 3.19. The summed E-state index contributed by atoms with van der Waals surface area (Å²) in [6.45, 7) is 0. The minimum atomic E-state index is -0.480. The fourth-order valence-electron chi connectivity index (χ4n) is 1.48. The van der Waals surface area contributed by atoms with E-state index in [1.807, 2.05) is 36.4 Å². The van der Waals surface area contributed by atoms with Gasteiger partial charge in [0, 0.05) is 17.0 Å². The maximum absolute atomic E-state index is 11.3. The quantitative estimate of drug-likeness (QED) is 0.450. The van der Waals surface area contributed by atoms with E-state index in [9.17, 15) is 4.79 Å². The van der Waals surface area contributed by atoms with E-state index < -0.39 is 5.97 Å². The second-order valence-corrected chi connectivity index (χ2v) is 3.44. The van der Waals surface area contributed by atoms with Gasteiger partial charge in [-0.3, -0.25) is 0 Å². The predicted molar refractivity (Wildman–Crippen MR) is 64.6 cm³/mol. The summed E-state index contributed by atoms with van der Waals surface area (Å²) in [4.78, 5) is 11.3. The minimum Gasteiger partial charge on any atom is -0.423 e. The van der Waals surface area contributed by atoms with Crippen molar-refractivity contribution >= 4 is 28.3 Å². The molecule has 0 saturated carbocycles. The monoisotopic (exact) mass is 232 g/mol. The molecule has 0 saturated heterocycles. The summed E-state index contributed by atoms with van der Waals surface area (Å²) >= 11 is 5.30. The normalized spacial score (nSPS) is 10.8. The van der Waals surface area contributed by atoms with Gasteiger partial charge in [0.1, 0.15) is 5.75 Å². The SMILES string of the molecule is O=C(/C=C\Cl)Oc1cccc2ccccc12. The Balaban J connectivity index is 2.41. The number of benzene rings is 2. The zero-order chi connectivity index (χ0) is 11.4. The van der Waals surface area contributed by atoms with Gasteiger partial charge < -0.3 is 4.74 Å². The largest absolute Gasteiger partial charge is 0.423 e. The highest BCUT2D eigenvalue weighted by Gasteiger charge is 2.04. The molecule has 0 aliphatic carbocycles. The maximum atomic E-state index is 11.3. The van der Waals surface area contributed by atoms with E-state index in [1.54, 1.807) is 6.07 Å². The van der Waals surface area contributed by atoms with Gasteiger partial charge in [-0.15, -0.1) is 0 Å². The summed E-state index contributed by atoms with van der Waals surface area (Å²) in [6.07, 6.45) is 1.17. The Labute approximate surface area is 98.1 Å². The summed E-state index contributed by atoms with van der Waals surface area (Å²) < 4.78 is 5.16. The molecule has 0 radical (unpaired) electrons. The molecule has 2 nitrogen and oxygen atoms in total. The standard InChI is InChI=1S/C13H9ClO2/c14-9-8-13(15)16-12-7-3-5-10-4-1-2-6-11(10)12/h1-9H/b9-8-. The van der Waals surface area contributed by atoms with Crippen LogP contribution in [-0.2, 0) is 4.79 Å². The highest BCUT2D eigenvalue weighted by molar-refractivity contribution is 6.26. The van der Waals surface area contributed by atoms with E-state index in [0.717, 1.165) is 16.3 Å². The van der Waals surface area contributed by atoms with Crippen LogP contribution in [0.15, 0.2) is 54.1 Å². The Morgan fingerprint density at radius 3 is 2.69 bits per heavy atom. The molecule has 0 bridgehead atoms. The summed E-state index contributed by atoms with van der Waals surface area (Å²) in [5, 5.41) is 1.93. The van der Waals surface area contributed by atoms with E-state index in [2.05, 4.69) is 0 Å². The lowest BCUT2D eigenvalue weighted by molar-refractivity contribution is -0.128. The lowest BCUT2D eigenvalue weighted by atomic mass is 10.1. The van der Waals surface area contributed by atoms with Crippen molar-refractivity contribution in [3.05, 3.63) is 54.1 Å². The Kier molecular flexibility index (Phi) is 3.22. The number of ether oxygens (including phenoxy) is 1. The first kappa shape index (κ1) is 10.7. The summed E-state index contributed by atoms with van der Waals surface area (Å²) in [5.41, 5.74) is 1.13. The van der Waals surface area contributed by atoms with Gasteiger partial charge >= 0.3 is 5.97 Å². The van der Waals surface area contributed by atoms with Gasteiger partial charge in [-0.25, -0.2) is 4.79 Å². The van der Waals surface area contributed by atoms with Crippen molar-refractivity contribution in [2.24, 2.45) is 0 Å². The molecule has 0 aliphatic heterocycles. The minimum absolute atomic E-state index is 0.480. The van der Waals surface area contributed by atoms with Crippen molar-refractivity contribution in [2.75, 3.05) is 0 Å². The van der Waals surface area contributed by atoms with Gasteiger partial charge in [0.05, 0.1) is 0 Å². The van der Waals surface area contributed by atoms with Crippen molar-refractivity contribution in [1.82, 2.24) is 0 Å². The lowest BCUT2D eigenvalue weighted by Gasteiger charge is -2.05. The molecule has 0 unspecified atom stereocenters. The van der Waals surface area contributed by atoms with Crippen molar-refractivity contribution in [1.29, 1.82) is 0 Å². The van der Waals surface area contributed by atoms with Gasteiger partial charge in [0.25, 0.3) is 0 Å². The molecule has 0 heterocycles. The predicted octanol–water partition coefficient (Wildman–Crippen LogP) is 3.50. The average molecular weight is 233 g/mol. The number of hydrogen-bond donors (Lipinski definition) is 0. The topological polar surface area (TPSA) is 26.3 Å². The molecule has 0 N–H and O–H groups in total. The molecule has 0 amide bonds. The molecule has 0 fully saturated rings. The molecule has 0 spiro atoms. The van der Waals surface area contributed by atoms with Crippen molar-refractivity contribution in [3.8, 4) is 5.75 Å². The summed E-state index contributed by atoms with van der Waals surface area (Å²) in [6, 6.07) is 13.3. The van der Waals surface area contributed by atoms with Crippen LogP contribution in [0.3, 0.4) is 0 Å². The highest BCUT2D eigenvalue weighted by Crippen LogP contribution is 2.25. The Morgan fingerprint density at radius 1 is 1.12 bits per heavy atom. The molecule has 0 atom stereocenters. The number of hydrogen-bond acceptors (Lipinski definition) is 2. The van der Waals surface area contributed by atoms with Gasteiger partial charge in [-0.1, -0.05) is 48.0 Å². The third-order valence-corrected chi connectivity index (χ3v) is 2.29. The van der Waals surface area contributed by atoms with Crippen LogP contribution in [0.4, 0.5) is 0 Å². The number of carbonyl (C=O) groups excluding carboxylic acids is 1. The zero-order valence-electron chi connectivity index (χ0n) is 8.39. The number of esters is 1. The molecule has 0 aliphatic rings. The highest BCUT2D eigenvalue weighted by atomic mass is 35.5. The van der Waals surface area contributed by atoms with Gasteiger partial charge in [-0.05, 0) is 11.5 Å². The number of fused-ring (bicyclic) bond motifs is 1. The molecule has 2 rings (SSSR count). The van der Waals surface area contributed by atoms with E-state index in [4.69, 9.17) is 16.3 Å². The van der Waals surface area contributed by atoms with Crippen LogP contribution in [0.2, 0.25) is 0 Å². The summed E-state index contributed by atoms with van der Waals surface area (Å²) in [7, 11) is 0. The first-order chi connectivity index (χ1) is 7.81.